The van der Waals surface area contributed by atoms with Gasteiger partial charge in [-0.25, -0.2) is 0 Å². The standard InChI is InChI=1S/C22H17Cl2N3O2/c1-2-29-21-10-13(22(28)26-15-4-3-7-25-12-15)5-6-16(21)20-9-14-8-17(23)18(24)11-19(14)27-20/h3-12,27H,2H2,1H3,(H,26,28). The molecule has 0 bridgehead atoms. The van der Waals surface area contributed by atoms with E-state index in [1.54, 1.807) is 42.7 Å². The number of amides is 1. The first-order valence-corrected chi connectivity index (χ1v) is 9.77. The van der Waals surface area contributed by atoms with Crippen molar-refractivity contribution in [2.24, 2.45) is 0 Å². The number of carbonyl (C=O) groups excluding carboxylic acids is 1. The van der Waals surface area contributed by atoms with Gasteiger partial charge in [-0.1, -0.05) is 23.2 Å². The van der Waals surface area contributed by atoms with Crippen LogP contribution in [0.2, 0.25) is 10.0 Å². The molecule has 146 valence electrons. The molecule has 0 aliphatic carbocycles. The van der Waals surface area contributed by atoms with Gasteiger partial charge < -0.3 is 15.0 Å². The number of halogens is 2. The number of aromatic amines is 1. The first kappa shape index (κ1) is 19.3. The minimum atomic E-state index is -0.235. The number of aromatic nitrogens is 2. The molecule has 0 fully saturated rings. The van der Waals surface area contributed by atoms with Crippen LogP contribution in [-0.2, 0) is 0 Å². The van der Waals surface area contributed by atoms with Crippen molar-refractivity contribution in [1.29, 1.82) is 0 Å². The fourth-order valence-corrected chi connectivity index (χ4v) is 3.41. The minimum absolute atomic E-state index is 0.235. The quantitative estimate of drug-likeness (QED) is 0.400. The Balaban J connectivity index is 1.70. The molecular formula is C22H17Cl2N3O2. The second kappa shape index (κ2) is 8.15. The van der Waals surface area contributed by atoms with Crippen molar-refractivity contribution < 1.29 is 9.53 Å². The summed E-state index contributed by atoms with van der Waals surface area (Å²) < 4.78 is 5.81. The maximum atomic E-state index is 12.6. The molecular weight excluding hydrogens is 409 g/mol. The van der Waals surface area contributed by atoms with Gasteiger partial charge >= 0.3 is 0 Å². The average Bonchev–Trinajstić information content (AvgIpc) is 3.11. The molecule has 0 saturated carbocycles. The molecule has 0 atom stereocenters. The molecule has 2 heterocycles. The predicted octanol–water partition coefficient (Wildman–Crippen LogP) is 6.19. The van der Waals surface area contributed by atoms with Crippen LogP contribution < -0.4 is 10.1 Å². The monoisotopic (exact) mass is 425 g/mol. The zero-order valence-corrected chi connectivity index (χ0v) is 17.0. The molecule has 5 nitrogen and oxygen atoms in total. The van der Waals surface area contributed by atoms with Gasteiger partial charge in [-0.2, -0.15) is 0 Å². The Bertz CT molecular complexity index is 1150. The van der Waals surface area contributed by atoms with Crippen LogP contribution in [0.5, 0.6) is 5.75 Å². The summed E-state index contributed by atoms with van der Waals surface area (Å²) in [4.78, 5) is 19.9. The van der Waals surface area contributed by atoms with Crippen molar-refractivity contribution in [1.82, 2.24) is 9.97 Å². The minimum Gasteiger partial charge on any atom is -0.493 e. The lowest BCUT2D eigenvalue weighted by atomic mass is 10.1. The van der Waals surface area contributed by atoms with E-state index < -0.39 is 0 Å². The highest BCUT2D eigenvalue weighted by Gasteiger charge is 2.15. The highest BCUT2D eigenvalue weighted by atomic mass is 35.5. The molecule has 0 spiro atoms. The van der Waals surface area contributed by atoms with Crippen LogP contribution in [0.3, 0.4) is 0 Å². The molecule has 0 aliphatic heterocycles. The van der Waals surface area contributed by atoms with Gasteiger partial charge in [0.05, 0.1) is 34.2 Å². The number of nitrogens with zero attached hydrogens (tertiary/aromatic N) is 1. The molecule has 4 aromatic rings. The lowest BCUT2D eigenvalue weighted by molar-refractivity contribution is 0.102. The Hall–Kier alpha value is -3.02. The molecule has 4 rings (SSSR count). The predicted molar refractivity (Wildman–Crippen MR) is 117 cm³/mol. The number of pyridine rings is 1. The molecule has 0 saturated heterocycles. The van der Waals surface area contributed by atoms with E-state index in [-0.39, 0.29) is 5.91 Å². The molecule has 29 heavy (non-hydrogen) atoms. The summed E-state index contributed by atoms with van der Waals surface area (Å²) in [5, 5.41) is 4.75. The van der Waals surface area contributed by atoms with Gasteiger partial charge in [-0.3, -0.25) is 9.78 Å². The van der Waals surface area contributed by atoms with E-state index in [4.69, 9.17) is 27.9 Å². The first-order chi connectivity index (χ1) is 14.0. The summed E-state index contributed by atoms with van der Waals surface area (Å²) in [6, 6.07) is 14.5. The average molecular weight is 426 g/mol. The van der Waals surface area contributed by atoms with Crippen molar-refractivity contribution in [3.05, 3.63) is 76.5 Å². The van der Waals surface area contributed by atoms with Gasteiger partial charge in [0, 0.05) is 28.2 Å². The maximum absolute atomic E-state index is 12.6. The zero-order valence-electron chi connectivity index (χ0n) is 15.5. The molecule has 0 unspecified atom stereocenters. The number of benzene rings is 2. The second-order valence-electron chi connectivity index (χ2n) is 6.38. The fourth-order valence-electron chi connectivity index (χ4n) is 3.07. The van der Waals surface area contributed by atoms with Crippen LogP contribution >= 0.6 is 23.2 Å². The zero-order chi connectivity index (χ0) is 20.4. The molecule has 0 aliphatic rings. The van der Waals surface area contributed by atoms with Gasteiger partial charge in [0.25, 0.3) is 5.91 Å². The number of anilines is 1. The van der Waals surface area contributed by atoms with Gasteiger partial charge in [-0.15, -0.1) is 0 Å². The Morgan fingerprint density at radius 3 is 2.72 bits per heavy atom. The first-order valence-electron chi connectivity index (χ1n) is 9.01. The van der Waals surface area contributed by atoms with Crippen molar-refractivity contribution in [3.8, 4) is 17.0 Å². The van der Waals surface area contributed by atoms with Crippen LogP contribution in [0.25, 0.3) is 22.2 Å². The fraction of sp³-hybridized carbons (Fsp3) is 0.0909. The highest BCUT2D eigenvalue weighted by Crippen LogP contribution is 2.35. The summed E-state index contributed by atoms with van der Waals surface area (Å²) in [5.74, 6) is 0.371. The Morgan fingerprint density at radius 2 is 1.97 bits per heavy atom. The number of hydrogen-bond donors (Lipinski definition) is 2. The van der Waals surface area contributed by atoms with E-state index in [0.29, 0.717) is 33.7 Å². The Morgan fingerprint density at radius 1 is 1.14 bits per heavy atom. The van der Waals surface area contributed by atoms with Crippen LogP contribution in [0.15, 0.2) is 60.9 Å². The van der Waals surface area contributed by atoms with Gasteiger partial charge in [0.15, 0.2) is 0 Å². The molecule has 1 amide bonds. The summed E-state index contributed by atoms with van der Waals surface area (Å²) in [6.45, 7) is 2.37. The number of H-pyrrole nitrogens is 1. The highest BCUT2D eigenvalue weighted by molar-refractivity contribution is 6.42. The largest absolute Gasteiger partial charge is 0.493 e. The Labute approximate surface area is 177 Å². The van der Waals surface area contributed by atoms with E-state index in [2.05, 4.69) is 15.3 Å². The SMILES string of the molecule is CCOc1cc(C(=O)Nc2cccnc2)ccc1-c1cc2cc(Cl)c(Cl)cc2[nH]1. The van der Waals surface area contributed by atoms with E-state index in [1.807, 2.05) is 25.1 Å². The number of nitrogens with one attached hydrogen (secondary N) is 2. The van der Waals surface area contributed by atoms with Crippen LogP contribution in [0, 0.1) is 0 Å². The van der Waals surface area contributed by atoms with Crippen molar-refractivity contribution in [3.63, 3.8) is 0 Å². The number of rotatable bonds is 5. The molecule has 2 aromatic heterocycles. The van der Waals surface area contributed by atoms with Crippen LogP contribution in [0.4, 0.5) is 5.69 Å². The van der Waals surface area contributed by atoms with Gasteiger partial charge in [0.2, 0.25) is 0 Å². The van der Waals surface area contributed by atoms with E-state index in [9.17, 15) is 4.79 Å². The van der Waals surface area contributed by atoms with Crippen LogP contribution in [0.1, 0.15) is 17.3 Å². The van der Waals surface area contributed by atoms with E-state index in [0.717, 1.165) is 22.2 Å². The topological polar surface area (TPSA) is 67.0 Å². The Kier molecular flexibility index (Phi) is 5.43. The molecule has 0 radical (unpaired) electrons. The summed E-state index contributed by atoms with van der Waals surface area (Å²) in [7, 11) is 0. The lowest BCUT2D eigenvalue weighted by Crippen LogP contribution is -2.12. The van der Waals surface area contributed by atoms with Crippen molar-refractivity contribution in [2.75, 3.05) is 11.9 Å². The number of fused-ring (bicyclic) bond motifs is 1. The summed E-state index contributed by atoms with van der Waals surface area (Å²) in [5.41, 5.74) is 3.68. The summed E-state index contributed by atoms with van der Waals surface area (Å²) >= 11 is 12.2. The summed E-state index contributed by atoms with van der Waals surface area (Å²) in [6.07, 6.45) is 3.24. The normalized spacial score (nSPS) is 10.9. The van der Waals surface area contributed by atoms with Gasteiger partial charge in [-0.05, 0) is 55.5 Å². The van der Waals surface area contributed by atoms with E-state index in [1.165, 1.54) is 0 Å². The van der Waals surface area contributed by atoms with Crippen molar-refractivity contribution >= 4 is 45.7 Å². The third-order valence-electron chi connectivity index (χ3n) is 4.41. The smallest absolute Gasteiger partial charge is 0.255 e. The molecule has 7 heteroatoms. The lowest BCUT2D eigenvalue weighted by Gasteiger charge is -2.12. The molecule has 2 N–H and O–H groups in total. The molecule has 2 aromatic carbocycles. The van der Waals surface area contributed by atoms with Crippen LogP contribution in [-0.4, -0.2) is 22.5 Å². The third-order valence-corrected chi connectivity index (χ3v) is 5.14. The van der Waals surface area contributed by atoms with Crippen molar-refractivity contribution in [2.45, 2.75) is 6.92 Å². The number of hydrogen-bond acceptors (Lipinski definition) is 3. The van der Waals surface area contributed by atoms with E-state index >= 15 is 0 Å². The number of carbonyl (C=O) groups is 1. The second-order valence-corrected chi connectivity index (χ2v) is 7.19. The maximum Gasteiger partial charge on any atom is 0.255 e. The van der Waals surface area contributed by atoms with Gasteiger partial charge in [0.1, 0.15) is 5.75 Å². The number of ether oxygens (including phenoxy) is 1. The third kappa shape index (κ3) is 4.06.